The average Bonchev–Trinajstić information content (AvgIpc) is 3.06. The molecule has 1 aliphatic carbocycles. The molecule has 0 saturated heterocycles. The van der Waals surface area contributed by atoms with Crippen molar-refractivity contribution in [3.8, 4) is 0 Å². The van der Waals surface area contributed by atoms with Gasteiger partial charge in [0.05, 0.1) is 11.4 Å². The second-order valence-electron chi connectivity index (χ2n) is 4.14. The van der Waals surface area contributed by atoms with Crippen molar-refractivity contribution in [2.45, 2.75) is 19.3 Å². The zero-order chi connectivity index (χ0) is 11.5. The predicted molar refractivity (Wildman–Crippen MR) is 68.6 cm³/mol. The molecule has 2 rings (SSSR count). The summed E-state index contributed by atoms with van der Waals surface area (Å²) in [5.41, 5.74) is 0.931. The van der Waals surface area contributed by atoms with Crippen LogP contribution in [-0.2, 0) is 11.2 Å². The lowest BCUT2D eigenvalue weighted by Crippen LogP contribution is -2.27. The second-order valence-corrected chi connectivity index (χ2v) is 5.34. The molecule has 0 aliphatic heterocycles. The number of halogens is 2. The Kier molecular flexibility index (Phi) is 3.87. The Balaban J connectivity index is 1.91. The number of amides is 1. The summed E-state index contributed by atoms with van der Waals surface area (Å²) in [5, 5.41) is 3.58. The number of carbonyl (C=O) groups excluding carboxylic acids is 1. The van der Waals surface area contributed by atoms with Crippen LogP contribution in [0.25, 0.3) is 0 Å². The smallest absolute Gasteiger partial charge is 0.224 e. The number of rotatable bonds is 4. The van der Waals surface area contributed by atoms with E-state index in [0.29, 0.717) is 17.4 Å². The molecule has 0 radical (unpaired) electrons. The fourth-order valence-electron chi connectivity index (χ4n) is 1.50. The minimum Gasteiger partial charge on any atom is -0.356 e. The molecule has 86 valence electrons. The lowest BCUT2D eigenvalue weighted by atomic mass is 10.1. The molecule has 16 heavy (non-hydrogen) atoms. The Morgan fingerprint density at radius 1 is 1.50 bits per heavy atom. The van der Waals surface area contributed by atoms with Crippen molar-refractivity contribution in [1.82, 2.24) is 5.32 Å². The minimum atomic E-state index is 0.0647. The second kappa shape index (κ2) is 5.19. The van der Waals surface area contributed by atoms with E-state index in [0.717, 1.165) is 16.6 Å². The van der Waals surface area contributed by atoms with Crippen LogP contribution in [0.1, 0.15) is 18.4 Å². The molecular weight excluding hydrogens is 289 g/mol. The molecule has 1 fully saturated rings. The maximum atomic E-state index is 11.6. The highest BCUT2D eigenvalue weighted by molar-refractivity contribution is 9.10. The van der Waals surface area contributed by atoms with Crippen molar-refractivity contribution >= 4 is 33.4 Å². The lowest BCUT2D eigenvalue weighted by Gasteiger charge is -2.06. The third-order valence-corrected chi connectivity index (χ3v) is 4.15. The van der Waals surface area contributed by atoms with Gasteiger partial charge >= 0.3 is 0 Å². The van der Waals surface area contributed by atoms with E-state index in [9.17, 15) is 4.79 Å². The summed E-state index contributed by atoms with van der Waals surface area (Å²) in [7, 11) is 0. The van der Waals surface area contributed by atoms with Crippen LogP contribution in [0.5, 0.6) is 0 Å². The Hall–Kier alpha value is -0.540. The molecule has 2 nitrogen and oxygen atoms in total. The van der Waals surface area contributed by atoms with Crippen LogP contribution >= 0.6 is 27.5 Å². The van der Waals surface area contributed by atoms with Crippen molar-refractivity contribution in [2.24, 2.45) is 5.92 Å². The number of hydrogen-bond acceptors (Lipinski definition) is 1. The normalized spacial score (nSPS) is 14.9. The van der Waals surface area contributed by atoms with E-state index in [-0.39, 0.29) is 5.91 Å². The third-order valence-electron chi connectivity index (χ3n) is 2.67. The van der Waals surface area contributed by atoms with E-state index in [1.165, 1.54) is 12.8 Å². The van der Waals surface area contributed by atoms with Crippen LogP contribution in [0.15, 0.2) is 22.7 Å². The van der Waals surface area contributed by atoms with Gasteiger partial charge in [0.15, 0.2) is 0 Å². The first-order valence-corrected chi connectivity index (χ1v) is 6.53. The highest BCUT2D eigenvalue weighted by Gasteiger charge is 2.21. The average molecular weight is 303 g/mol. The van der Waals surface area contributed by atoms with Crippen molar-refractivity contribution < 1.29 is 4.79 Å². The Morgan fingerprint density at radius 3 is 2.94 bits per heavy atom. The summed E-state index contributed by atoms with van der Waals surface area (Å²) in [5.74, 6) is 0.779. The van der Waals surface area contributed by atoms with Gasteiger partial charge in [-0.2, -0.15) is 0 Å². The fraction of sp³-hybridized carbons (Fsp3) is 0.417. The summed E-state index contributed by atoms with van der Waals surface area (Å²) < 4.78 is 0.818. The molecule has 0 spiro atoms. The highest BCUT2D eigenvalue weighted by Crippen LogP contribution is 2.28. The maximum Gasteiger partial charge on any atom is 0.224 e. The van der Waals surface area contributed by atoms with E-state index in [1.54, 1.807) is 6.07 Å². The van der Waals surface area contributed by atoms with Crippen molar-refractivity contribution in [1.29, 1.82) is 0 Å². The summed E-state index contributed by atoms with van der Waals surface area (Å²) in [6.07, 6.45) is 2.89. The first-order chi connectivity index (χ1) is 7.66. The molecule has 0 atom stereocenters. The van der Waals surface area contributed by atoms with Gasteiger partial charge in [-0.25, -0.2) is 0 Å². The van der Waals surface area contributed by atoms with E-state index < -0.39 is 0 Å². The van der Waals surface area contributed by atoms with Crippen LogP contribution in [0.2, 0.25) is 5.02 Å². The summed E-state index contributed by atoms with van der Waals surface area (Å²) in [6, 6.07) is 5.57. The van der Waals surface area contributed by atoms with Crippen LogP contribution < -0.4 is 5.32 Å². The topological polar surface area (TPSA) is 29.1 Å². The third kappa shape index (κ3) is 3.22. The highest BCUT2D eigenvalue weighted by atomic mass is 79.9. The van der Waals surface area contributed by atoms with Gasteiger partial charge < -0.3 is 5.32 Å². The Labute approximate surface area is 108 Å². The first-order valence-electron chi connectivity index (χ1n) is 5.36. The summed E-state index contributed by atoms with van der Waals surface area (Å²) in [4.78, 5) is 11.6. The Morgan fingerprint density at radius 2 is 2.25 bits per heavy atom. The summed E-state index contributed by atoms with van der Waals surface area (Å²) in [6.45, 7) is 0.816. The molecule has 4 heteroatoms. The van der Waals surface area contributed by atoms with Gasteiger partial charge in [-0.3, -0.25) is 4.79 Å². The van der Waals surface area contributed by atoms with Crippen molar-refractivity contribution in [3.05, 3.63) is 33.3 Å². The number of benzene rings is 1. The molecule has 1 aromatic rings. The van der Waals surface area contributed by atoms with Gasteiger partial charge in [-0.1, -0.05) is 23.7 Å². The van der Waals surface area contributed by atoms with E-state index in [4.69, 9.17) is 11.6 Å². The van der Waals surface area contributed by atoms with Crippen LogP contribution in [0.3, 0.4) is 0 Å². The molecule has 1 saturated carbocycles. The zero-order valence-electron chi connectivity index (χ0n) is 8.80. The molecule has 1 aromatic carbocycles. The fourth-order valence-corrected chi connectivity index (χ4v) is 2.10. The molecule has 0 bridgehead atoms. The molecule has 0 heterocycles. The number of hydrogen-bond donors (Lipinski definition) is 1. The van der Waals surface area contributed by atoms with Crippen molar-refractivity contribution in [3.63, 3.8) is 0 Å². The van der Waals surface area contributed by atoms with Gasteiger partial charge in [0.25, 0.3) is 0 Å². The van der Waals surface area contributed by atoms with Gasteiger partial charge in [0.2, 0.25) is 5.91 Å². The van der Waals surface area contributed by atoms with Gasteiger partial charge in [-0.05, 0) is 46.3 Å². The van der Waals surface area contributed by atoms with E-state index in [1.807, 2.05) is 12.1 Å². The standard InChI is InChI=1S/C12H13BrClNO/c13-12-9(2-1-3-10(12)14)6-11(16)15-7-8-4-5-8/h1-3,8H,4-7H2,(H,15,16). The predicted octanol–water partition coefficient (Wildman–Crippen LogP) is 3.17. The van der Waals surface area contributed by atoms with E-state index in [2.05, 4.69) is 21.2 Å². The largest absolute Gasteiger partial charge is 0.356 e. The first kappa shape index (κ1) is 11.9. The zero-order valence-corrected chi connectivity index (χ0v) is 11.1. The molecule has 1 aliphatic rings. The van der Waals surface area contributed by atoms with Gasteiger partial charge in [0.1, 0.15) is 0 Å². The quantitative estimate of drug-likeness (QED) is 0.909. The number of carbonyl (C=O) groups is 1. The number of nitrogens with one attached hydrogen (secondary N) is 1. The van der Waals surface area contributed by atoms with Gasteiger partial charge in [-0.15, -0.1) is 0 Å². The van der Waals surface area contributed by atoms with Gasteiger partial charge in [0, 0.05) is 11.0 Å². The molecular formula is C12H13BrClNO. The molecule has 1 amide bonds. The molecule has 0 unspecified atom stereocenters. The minimum absolute atomic E-state index is 0.0647. The van der Waals surface area contributed by atoms with Crippen molar-refractivity contribution in [2.75, 3.05) is 6.54 Å². The van der Waals surface area contributed by atoms with Crippen LogP contribution in [-0.4, -0.2) is 12.5 Å². The Bertz CT molecular complexity index is 404. The van der Waals surface area contributed by atoms with Crippen LogP contribution in [0.4, 0.5) is 0 Å². The molecule has 0 aromatic heterocycles. The molecule has 1 N–H and O–H groups in total. The maximum absolute atomic E-state index is 11.6. The SMILES string of the molecule is O=C(Cc1cccc(Cl)c1Br)NCC1CC1. The lowest BCUT2D eigenvalue weighted by molar-refractivity contribution is -0.120. The monoisotopic (exact) mass is 301 g/mol. The van der Waals surface area contributed by atoms with Crippen LogP contribution in [0, 0.1) is 5.92 Å². The van der Waals surface area contributed by atoms with E-state index >= 15 is 0 Å². The summed E-state index contributed by atoms with van der Waals surface area (Å²) >= 11 is 9.35.